The second-order valence-corrected chi connectivity index (χ2v) is 5.82. The van der Waals surface area contributed by atoms with Gasteiger partial charge < -0.3 is 25.8 Å². The second-order valence-electron chi connectivity index (χ2n) is 5.82. The molecule has 0 aromatic heterocycles. The van der Waals surface area contributed by atoms with Gasteiger partial charge in [-0.25, -0.2) is 0 Å². The van der Waals surface area contributed by atoms with Crippen LogP contribution in [0.1, 0.15) is 11.1 Å². The van der Waals surface area contributed by atoms with E-state index in [2.05, 4.69) is 15.6 Å². The molecule has 0 radical (unpaired) electrons. The number of methoxy groups -OCH3 is 1. The van der Waals surface area contributed by atoms with Crippen molar-refractivity contribution in [2.45, 2.75) is 13.0 Å². The number of nitrogens with zero attached hydrogens (tertiary/aromatic N) is 1. The Labute approximate surface area is 159 Å². The van der Waals surface area contributed by atoms with Crippen LogP contribution < -0.4 is 25.8 Å². The summed E-state index contributed by atoms with van der Waals surface area (Å²) < 4.78 is 10.7. The van der Waals surface area contributed by atoms with Crippen LogP contribution in [0.4, 0.5) is 0 Å². The van der Waals surface area contributed by atoms with Gasteiger partial charge in [0.15, 0.2) is 12.6 Å². The van der Waals surface area contributed by atoms with Gasteiger partial charge in [-0.3, -0.25) is 9.79 Å². The van der Waals surface area contributed by atoms with Crippen molar-refractivity contribution < 1.29 is 14.3 Å². The Morgan fingerprint density at radius 1 is 1.15 bits per heavy atom. The van der Waals surface area contributed by atoms with Crippen molar-refractivity contribution >= 4 is 11.9 Å². The van der Waals surface area contributed by atoms with Crippen LogP contribution in [0.3, 0.4) is 0 Å². The number of hydrogen-bond acceptors (Lipinski definition) is 4. The van der Waals surface area contributed by atoms with E-state index in [-0.39, 0.29) is 6.61 Å². The third kappa shape index (κ3) is 6.89. The van der Waals surface area contributed by atoms with E-state index in [4.69, 9.17) is 15.2 Å². The van der Waals surface area contributed by atoms with Gasteiger partial charge in [-0.15, -0.1) is 0 Å². The van der Waals surface area contributed by atoms with E-state index in [0.29, 0.717) is 18.3 Å². The minimum absolute atomic E-state index is 0.136. The average molecular weight is 370 g/mol. The normalized spacial score (nSPS) is 11.0. The number of carbonyl (C=O) groups excluding carboxylic acids is 1. The highest BCUT2D eigenvalue weighted by molar-refractivity contribution is 5.79. The highest BCUT2D eigenvalue weighted by atomic mass is 16.5. The number of nitrogens with one attached hydrogen (secondary N) is 2. The van der Waals surface area contributed by atoms with Crippen molar-refractivity contribution in [3.63, 3.8) is 0 Å². The van der Waals surface area contributed by atoms with Crippen LogP contribution in [0.25, 0.3) is 0 Å². The molecule has 0 aliphatic rings. The lowest BCUT2D eigenvalue weighted by molar-refractivity contribution is -0.119. The second kappa shape index (κ2) is 10.7. The van der Waals surface area contributed by atoms with Crippen LogP contribution in [0.15, 0.2) is 53.5 Å². The van der Waals surface area contributed by atoms with Crippen LogP contribution >= 0.6 is 0 Å². The zero-order valence-corrected chi connectivity index (χ0v) is 15.7. The van der Waals surface area contributed by atoms with Crippen LogP contribution in [0, 0.1) is 0 Å². The summed E-state index contributed by atoms with van der Waals surface area (Å²) in [7, 11) is 3.40. The van der Waals surface area contributed by atoms with Gasteiger partial charge in [0.05, 0.1) is 7.11 Å². The molecule has 2 rings (SSSR count). The smallest absolute Gasteiger partial charge is 0.255 e. The Morgan fingerprint density at radius 2 is 1.96 bits per heavy atom. The highest BCUT2D eigenvalue weighted by Crippen LogP contribution is 2.17. The summed E-state index contributed by atoms with van der Waals surface area (Å²) in [4.78, 5) is 15.0. The minimum atomic E-state index is -0.502. The third-order valence-corrected chi connectivity index (χ3v) is 3.84. The first-order valence-electron chi connectivity index (χ1n) is 8.69. The number of nitrogens with two attached hydrogens (primary N) is 1. The zero-order valence-electron chi connectivity index (χ0n) is 15.7. The molecule has 0 bridgehead atoms. The van der Waals surface area contributed by atoms with Crippen molar-refractivity contribution in [3.05, 3.63) is 59.7 Å². The molecule has 0 aliphatic carbocycles. The van der Waals surface area contributed by atoms with Crippen molar-refractivity contribution in [2.75, 3.05) is 27.3 Å². The van der Waals surface area contributed by atoms with Crippen molar-refractivity contribution in [1.29, 1.82) is 0 Å². The zero-order chi connectivity index (χ0) is 19.5. The summed E-state index contributed by atoms with van der Waals surface area (Å²) in [6.45, 7) is 1.16. The minimum Gasteiger partial charge on any atom is -0.496 e. The quantitative estimate of drug-likeness (QED) is 0.459. The van der Waals surface area contributed by atoms with E-state index in [1.165, 1.54) is 0 Å². The molecule has 0 atom stereocenters. The molecule has 0 fully saturated rings. The van der Waals surface area contributed by atoms with Gasteiger partial charge in [0.2, 0.25) is 0 Å². The largest absolute Gasteiger partial charge is 0.496 e. The Balaban J connectivity index is 1.82. The summed E-state index contributed by atoms with van der Waals surface area (Å²) in [5, 5.41) is 6.54. The number of primary amides is 1. The monoisotopic (exact) mass is 370 g/mol. The Bertz CT molecular complexity index is 777. The van der Waals surface area contributed by atoms with Gasteiger partial charge in [-0.05, 0) is 35.7 Å². The van der Waals surface area contributed by atoms with E-state index in [0.717, 1.165) is 29.8 Å². The standard InChI is InChI=1S/C20H26N4O3/c1-22-20(23-11-10-16-7-3-4-9-18(16)26-2)24-13-15-6-5-8-17(12-15)27-14-19(21)25/h3-9,12H,10-11,13-14H2,1-2H3,(H2,21,25)(H2,22,23,24). The molecular weight excluding hydrogens is 344 g/mol. The molecule has 4 N–H and O–H groups in total. The molecule has 27 heavy (non-hydrogen) atoms. The van der Waals surface area contributed by atoms with Crippen molar-refractivity contribution in [2.24, 2.45) is 10.7 Å². The predicted octanol–water partition coefficient (Wildman–Crippen LogP) is 1.47. The molecule has 144 valence electrons. The number of para-hydroxylation sites is 1. The number of amides is 1. The fraction of sp³-hybridized carbons (Fsp3) is 0.300. The molecule has 2 aromatic carbocycles. The highest BCUT2D eigenvalue weighted by Gasteiger charge is 2.04. The molecule has 0 spiro atoms. The fourth-order valence-corrected chi connectivity index (χ4v) is 2.53. The van der Waals surface area contributed by atoms with Crippen LogP contribution in [0.5, 0.6) is 11.5 Å². The first kappa shape index (κ1) is 20.1. The Kier molecular flexibility index (Phi) is 7.96. The molecule has 0 unspecified atom stereocenters. The predicted molar refractivity (Wildman–Crippen MR) is 106 cm³/mol. The summed E-state index contributed by atoms with van der Waals surface area (Å²) in [5.74, 6) is 1.69. The first-order chi connectivity index (χ1) is 13.1. The maximum Gasteiger partial charge on any atom is 0.255 e. The van der Waals surface area contributed by atoms with Gasteiger partial charge in [-0.2, -0.15) is 0 Å². The number of benzene rings is 2. The fourth-order valence-electron chi connectivity index (χ4n) is 2.53. The summed E-state index contributed by atoms with van der Waals surface area (Å²) in [6.07, 6.45) is 0.821. The molecule has 7 nitrogen and oxygen atoms in total. The molecular formula is C20H26N4O3. The van der Waals surface area contributed by atoms with Crippen LogP contribution in [0.2, 0.25) is 0 Å². The maximum absolute atomic E-state index is 10.8. The molecule has 1 amide bonds. The van der Waals surface area contributed by atoms with Crippen molar-refractivity contribution in [1.82, 2.24) is 10.6 Å². The van der Waals surface area contributed by atoms with E-state index in [1.807, 2.05) is 42.5 Å². The third-order valence-electron chi connectivity index (χ3n) is 3.84. The first-order valence-corrected chi connectivity index (χ1v) is 8.69. The van der Waals surface area contributed by atoms with Gasteiger partial charge in [0.1, 0.15) is 11.5 Å². The van der Waals surface area contributed by atoms with E-state index < -0.39 is 5.91 Å². The van der Waals surface area contributed by atoms with Gasteiger partial charge in [0, 0.05) is 20.1 Å². The lowest BCUT2D eigenvalue weighted by Crippen LogP contribution is -2.37. The lowest BCUT2D eigenvalue weighted by Gasteiger charge is -2.13. The molecule has 0 aliphatic heterocycles. The van der Waals surface area contributed by atoms with E-state index in [9.17, 15) is 4.79 Å². The van der Waals surface area contributed by atoms with Crippen LogP contribution in [-0.4, -0.2) is 39.2 Å². The average Bonchev–Trinajstić information content (AvgIpc) is 2.69. The molecule has 0 heterocycles. The van der Waals surface area contributed by atoms with E-state index >= 15 is 0 Å². The molecule has 7 heteroatoms. The number of rotatable bonds is 9. The van der Waals surface area contributed by atoms with Gasteiger partial charge in [-0.1, -0.05) is 30.3 Å². The Hall–Kier alpha value is -3.22. The number of guanidine groups is 1. The molecule has 2 aromatic rings. The molecule has 0 saturated carbocycles. The summed E-state index contributed by atoms with van der Waals surface area (Å²) >= 11 is 0. The number of carbonyl (C=O) groups is 1. The number of ether oxygens (including phenoxy) is 2. The summed E-state index contributed by atoms with van der Waals surface area (Å²) in [5.41, 5.74) is 7.24. The lowest BCUT2D eigenvalue weighted by atomic mass is 10.1. The maximum atomic E-state index is 10.8. The SMILES string of the molecule is CN=C(NCCc1ccccc1OC)NCc1cccc(OCC(N)=O)c1. The van der Waals surface area contributed by atoms with Crippen LogP contribution in [-0.2, 0) is 17.8 Å². The van der Waals surface area contributed by atoms with Gasteiger partial charge >= 0.3 is 0 Å². The molecule has 0 saturated heterocycles. The van der Waals surface area contributed by atoms with E-state index in [1.54, 1.807) is 20.2 Å². The van der Waals surface area contributed by atoms with Crippen molar-refractivity contribution in [3.8, 4) is 11.5 Å². The van der Waals surface area contributed by atoms with Gasteiger partial charge in [0.25, 0.3) is 5.91 Å². The topological polar surface area (TPSA) is 98.0 Å². The number of aliphatic imine (C=N–C) groups is 1. The number of hydrogen-bond donors (Lipinski definition) is 3. The summed E-state index contributed by atoms with van der Waals surface area (Å²) in [6, 6.07) is 15.4. The Morgan fingerprint density at radius 3 is 2.70 bits per heavy atom.